The zero-order chi connectivity index (χ0) is 23.3. The number of benzene rings is 2. The van der Waals surface area contributed by atoms with Gasteiger partial charge in [0, 0.05) is 24.3 Å². The first-order chi connectivity index (χ1) is 15.2. The summed E-state index contributed by atoms with van der Waals surface area (Å²) in [6, 6.07) is 11.1. The Hall–Kier alpha value is -2.40. The number of allylic oxidation sites excluding steroid dienone is 1. The molecule has 0 saturated carbocycles. The highest BCUT2D eigenvalue weighted by atomic mass is 35.5. The van der Waals surface area contributed by atoms with Gasteiger partial charge in [-0.05, 0) is 85.2 Å². The Morgan fingerprint density at radius 2 is 1.81 bits per heavy atom. The summed E-state index contributed by atoms with van der Waals surface area (Å²) >= 11 is 5.99. The van der Waals surface area contributed by atoms with E-state index in [0.717, 1.165) is 27.8 Å². The minimum Gasteiger partial charge on any atom is -0.489 e. The van der Waals surface area contributed by atoms with Crippen LogP contribution in [-0.2, 0) is 16.0 Å². The Kier molecular flexibility index (Phi) is 7.94. The van der Waals surface area contributed by atoms with E-state index in [2.05, 4.69) is 0 Å². The third-order valence-corrected chi connectivity index (χ3v) is 6.24. The molecule has 0 bridgehead atoms. The van der Waals surface area contributed by atoms with Crippen molar-refractivity contribution in [1.82, 2.24) is 0 Å². The van der Waals surface area contributed by atoms with E-state index in [4.69, 9.17) is 21.1 Å². The first-order valence-corrected chi connectivity index (χ1v) is 11.3. The number of hydrogen-bond donors (Lipinski definition) is 0. The number of rotatable bonds is 8. The minimum absolute atomic E-state index is 0.107. The van der Waals surface area contributed by atoms with Gasteiger partial charge in [-0.25, -0.2) is 8.78 Å². The van der Waals surface area contributed by atoms with Gasteiger partial charge in [-0.3, -0.25) is 4.79 Å². The van der Waals surface area contributed by atoms with Crippen molar-refractivity contribution in [2.45, 2.75) is 58.8 Å². The van der Waals surface area contributed by atoms with Crippen LogP contribution in [0.3, 0.4) is 0 Å². The van der Waals surface area contributed by atoms with Crippen LogP contribution >= 0.6 is 11.6 Å². The Balaban J connectivity index is 1.77. The Morgan fingerprint density at radius 1 is 1.09 bits per heavy atom. The maximum absolute atomic E-state index is 14.2. The van der Waals surface area contributed by atoms with E-state index in [1.807, 2.05) is 38.1 Å². The summed E-state index contributed by atoms with van der Waals surface area (Å²) in [6.45, 7) is 6.19. The number of aryl methyl sites for hydroxylation is 1. The summed E-state index contributed by atoms with van der Waals surface area (Å²) in [5.41, 5.74) is 5.47. The van der Waals surface area contributed by atoms with Gasteiger partial charge in [0.1, 0.15) is 12.4 Å². The lowest BCUT2D eigenvalue weighted by molar-refractivity contribution is -0.143. The summed E-state index contributed by atoms with van der Waals surface area (Å²) in [5, 5.41) is 0.613. The first kappa shape index (κ1) is 24.2. The van der Waals surface area contributed by atoms with Crippen LogP contribution in [0.5, 0.6) is 5.75 Å². The first-order valence-electron chi connectivity index (χ1n) is 10.9. The van der Waals surface area contributed by atoms with Crippen molar-refractivity contribution < 1.29 is 23.0 Å². The molecule has 0 atom stereocenters. The molecule has 0 spiro atoms. The van der Waals surface area contributed by atoms with Crippen LogP contribution in [0.4, 0.5) is 8.78 Å². The number of esters is 1. The lowest BCUT2D eigenvalue weighted by atomic mass is 9.85. The van der Waals surface area contributed by atoms with Gasteiger partial charge in [0.15, 0.2) is 0 Å². The Morgan fingerprint density at radius 3 is 2.50 bits per heavy atom. The molecule has 0 unspecified atom stereocenters. The Labute approximate surface area is 193 Å². The number of halogens is 3. The third kappa shape index (κ3) is 6.10. The topological polar surface area (TPSA) is 35.5 Å². The van der Waals surface area contributed by atoms with Gasteiger partial charge in [-0.1, -0.05) is 29.8 Å². The normalized spacial score (nSPS) is 15.6. The molecule has 3 rings (SSSR count). The van der Waals surface area contributed by atoms with Crippen LogP contribution in [0.25, 0.3) is 5.57 Å². The Bertz CT molecular complexity index is 997. The lowest BCUT2D eigenvalue weighted by Crippen LogP contribution is -2.24. The number of carbonyl (C=O) groups is 1. The van der Waals surface area contributed by atoms with E-state index in [9.17, 15) is 13.6 Å². The molecule has 0 fully saturated rings. The maximum atomic E-state index is 14.2. The molecular weight excluding hydrogens is 434 g/mol. The molecule has 2 aromatic rings. The van der Waals surface area contributed by atoms with Crippen molar-refractivity contribution in [3.63, 3.8) is 0 Å². The molecule has 0 heterocycles. The summed E-state index contributed by atoms with van der Waals surface area (Å²) in [7, 11) is 0. The third-order valence-electron chi connectivity index (χ3n) is 5.99. The fourth-order valence-electron chi connectivity index (χ4n) is 4.04. The zero-order valence-electron chi connectivity index (χ0n) is 18.8. The van der Waals surface area contributed by atoms with Gasteiger partial charge in [0.2, 0.25) is 0 Å². The minimum atomic E-state index is -2.73. The fourth-order valence-corrected chi connectivity index (χ4v) is 4.17. The highest BCUT2D eigenvalue weighted by Gasteiger charge is 2.35. The largest absolute Gasteiger partial charge is 0.489 e. The number of ether oxygens (including phenoxy) is 2. The van der Waals surface area contributed by atoms with Crippen molar-refractivity contribution in [2.24, 2.45) is 0 Å². The van der Waals surface area contributed by atoms with Crippen molar-refractivity contribution in [2.75, 3.05) is 13.2 Å². The van der Waals surface area contributed by atoms with Gasteiger partial charge in [-0.15, -0.1) is 0 Å². The lowest BCUT2D eigenvalue weighted by Gasteiger charge is -2.28. The quantitative estimate of drug-likeness (QED) is 0.392. The molecule has 0 radical (unpaired) electrons. The SMILES string of the molecule is CCOC(=O)CCc1ccc(OCC2=C(c3ccc(Cl)cc3)CCC(F)(F)C2)c(C)c1C. The van der Waals surface area contributed by atoms with E-state index in [1.165, 1.54) is 0 Å². The van der Waals surface area contributed by atoms with Gasteiger partial charge >= 0.3 is 5.97 Å². The molecule has 1 aliphatic carbocycles. The molecule has 6 heteroatoms. The molecule has 3 nitrogen and oxygen atoms in total. The molecule has 0 aliphatic heterocycles. The monoisotopic (exact) mass is 462 g/mol. The molecule has 2 aromatic carbocycles. The summed E-state index contributed by atoms with van der Waals surface area (Å²) in [4.78, 5) is 11.7. The fraction of sp³-hybridized carbons (Fsp3) is 0.423. The molecular formula is C26H29ClF2O3. The number of carbonyl (C=O) groups excluding carboxylic acids is 1. The van der Waals surface area contributed by atoms with E-state index < -0.39 is 5.92 Å². The van der Waals surface area contributed by atoms with E-state index in [1.54, 1.807) is 19.1 Å². The van der Waals surface area contributed by atoms with E-state index in [-0.39, 0.29) is 25.4 Å². The van der Waals surface area contributed by atoms with Gasteiger partial charge in [0.25, 0.3) is 5.92 Å². The predicted octanol–water partition coefficient (Wildman–Crippen LogP) is 7.10. The average Bonchev–Trinajstić information content (AvgIpc) is 2.75. The van der Waals surface area contributed by atoms with Crippen molar-refractivity contribution in [3.05, 3.63) is 69.2 Å². The second kappa shape index (κ2) is 10.5. The van der Waals surface area contributed by atoms with Crippen LogP contribution in [-0.4, -0.2) is 25.1 Å². The van der Waals surface area contributed by atoms with Crippen LogP contribution in [0.1, 0.15) is 54.9 Å². The van der Waals surface area contributed by atoms with Gasteiger partial charge in [-0.2, -0.15) is 0 Å². The highest BCUT2D eigenvalue weighted by molar-refractivity contribution is 6.30. The molecule has 1 aliphatic rings. The molecule has 172 valence electrons. The molecule has 0 amide bonds. The second-order valence-electron chi connectivity index (χ2n) is 8.19. The van der Waals surface area contributed by atoms with Crippen molar-refractivity contribution in [1.29, 1.82) is 0 Å². The molecule has 0 saturated heterocycles. The second-order valence-corrected chi connectivity index (χ2v) is 8.62. The summed E-state index contributed by atoms with van der Waals surface area (Å²) in [5.74, 6) is -2.28. The standard InChI is InChI=1S/C26H29ClF2O3/c1-4-31-25(30)12-8-19-7-11-24(18(3)17(19)2)32-16-21-15-26(28,29)14-13-23(21)20-5-9-22(27)10-6-20/h5-7,9-11H,4,8,12-16H2,1-3H3. The van der Waals surface area contributed by atoms with E-state index in [0.29, 0.717) is 42.2 Å². The average molecular weight is 463 g/mol. The molecule has 0 aromatic heterocycles. The smallest absolute Gasteiger partial charge is 0.306 e. The number of hydrogen-bond acceptors (Lipinski definition) is 3. The van der Waals surface area contributed by atoms with Gasteiger partial charge in [0.05, 0.1) is 6.61 Å². The molecule has 0 N–H and O–H groups in total. The van der Waals surface area contributed by atoms with Crippen LogP contribution in [0.2, 0.25) is 5.02 Å². The van der Waals surface area contributed by atoms with Crippen LogP contribution in [0, 0.1) is 13.8 Å². The summed E-state index contributed by atoms with van der Waals surface area (Å²) < 4.78 is 39.4. The zero-order valence-corrected chi connectivity index (χ0v) is 19.5. The maximum Gasteiger partial charge on any atom is 0.306 e. The number of alkyl halides is 2. The van der Waals surface area contributed by atoms with Crippen LogP contribution < -0.4 is 4.74 Å². The van der Waals surface area contributed by atoms with Crippen molar-refractivity contribution in [3.8, 4) is 5.75 Å². The molecule has 32 heavy (non-hydrogen) atoms. The van der Waals surface area contributed by atoms with Crippen molar-refractivity contribution >= 4 is 23.1 Å². The summed E-state index contributed by atoms with van der Waals surface area (Å²) in [6.07, 6.45) is 0.741. The van der Waals surface area contributed by atoms with E-state index >= 15 is 0 Å². The van der Waals surface area contributed by atoms with Crippen LogP contribution in [0.15, 0.2) is 42.0 Å². The predicted molar refractivity (Wildman–Crippen MR) is 124 cm³/mol. The highest BCUT2D eigenvalue weighted by Crippen LogP contribution is 2.41. The van der Waals surface area contributed by atoms with Gasteiger partial charge < -0.3 is 9.47 Å².